The summed E-state index contributed by atoms with van der Waals surface area (Å²) >= 11 is 0. The minimum Gasteiger partial charge on any atom is -0.507 e. The van der Waals surface area contributed by atoms with Gasteiger partial charge in [-0.25, -0.2) is 4.79 Å². The molecule has 2 aliphatic heterocycles. The molecule has 0 fully saturated rings. The van der Waals surface area contributed by atoms with Crippen molar-refractivity contribution in [2.45, 2.75) is 31.8 Å². The second-order valence-electron chi connectivity index (χ2n) is 18.1. The van der Waals surface area contributed by atoms with E-state index in [9.17, 15) is 15.0 Å². The van der Waals surface area contributed by atoms with Crippen molar-refractivity contribution in [2.24, 2.45) is 0 Å². The number of rotatable bonds is 8. The standard InChI is InChI=1S/C58H42N2O5/c1-59(29-39-19-17-37-15-13-33-7-5-9-35-21-23-41(39)53(37)51(33)35)31-44-49(61)27-25-47-55(44)64-56-45(50(62)28-26-48(56)58(47)46-12-4-3-11-43(46)57(63)65-58)32-60(2)30-40-20-18-38-16-14-34-8-6-10-36-22-24-42(40)54(38)52(34)36/h3-28,61-62H,29-32H2,1-2H3. The van der Waals surface area contributed by atoms with Crippen molar-refractivity contribution in [3.05, 3.63) is 202 Å². The zero-order valence-electron chi connectivity index (χ0n) is 35.9. The fourth-order valence-electron chi connectivity index (χ4n) is 11.3. The van der Waals surface area contributed by atoms with Gasteiger partial charge in [0.15, 0.2) is 5.60 Å². The van der Waals surface area contributed by atoms with E-state index in [-0.39, 0.29) is 11.5 Å². The van der Waals surface area contributed by atoms with Crippen LogP contribution in [0.25, 0.3) is 64.6 Å². The van der Waals surface area contributed by atoms with E-state index in [1.165, 1.54) is 75.8 Å². The van der Waals surface area contributed by atoms with Crippen LogP contribution in [0.4, 0.5) is 0 Å². The fraction of sp³-hybridized carbons (Fsp3) is 0.121. The average molecular weight is 847 g/mol. The summed E-state index contributed by atoms with van der Waals surface area (Å²) in [6.07, 6.45) is 0. The van der Waals surface area contributed by atoms with E-state index < -0.39 is 11.6 Å². The van der Waals surface area contributed by atoms with Crippen LogP contribution < -0.4 is 4.74 Å². The third-order valence-electron chi connectivity index (χ3n) is 14.2. The Kier molecular flexibility index (Phi) is 8.08. The van der Waals surface area contributed by atoms with Crippen molar-refractivity contribution in [3.63, 3.8) is 0 Å². The molecular formula is C58H42N2O5. The summed E-state index contributed by atoms with van der Waals surface area (Å²) in [6, 6.07) is 53.8. The summed E-state index contributed by atoms with van der Waals surface area (Å²) in [7, 11) is 4.08. The number of phenols is 2. The van der Waals surface area contributed by atoms with Crippen molar-refractivity contribution >= 4 is 70.6 Å². The first-order valence-corrected chi connectivity index (χ1v) is 22.1. The van der Waals surface area contributed by atoms with E-state index in [4.69, 9.17) is 9.47 Å². The van der Waals surface area contributed by atoms with Crippen molar-refractivity contribution < 1.29 is 24.5 Å². The number of aromatic hydroxyl groups is 2. The maximum absolute atomic E-state index is 13.9. The Labute approximate surface area is 374 Å². The van der Waals surface area contributed by atoms with Crippen molar-refractivity contribution in [3.8, 4) is 23.0 Å². The molecule has 0 bridgehead atoms. The van der Waals surface area contributed by atoms with E-state index in [0.717, 1.165) is 0 Å². The van der Waals surface area contributed by atoms with Crippen molar-refractivity contribution in [1.82, 2.24) is 9.80 Å². The molecule has 0 aromatic heterocycles. The summed E-state index contributed by atoms with van der Waals surface area (Å²) in [5.41, 5.74) is 4.45. The normalized spacial score (nSPS) is 14.1. The summed E-state index contributed by atoms with van der Waals surface area (Å²) in [4.78, 5) is 18.3. The molecule has 0 radical (unpaired) electrons. The molecule has 0 saturated carbocycles. The zero-order chi connectivity index (χ0) is 43.7. The van der Waals surface area contributed by atoms with E-state index >= 15 is 0 Å². The van der Waals surface area contributed by atoms with Crippen LogP contribution in [0, 0.1) is 0 Å². The molecule has 0 unspecified atom stereocenters. The largest absolute Gasteiger partial charge is 0.507 e. The molecule has 2 N–H and O–H groups in total. The lowest BCUT2D eigenvalue weighted by atomic mass is 9.76. The van der Waals surface area contributed by atoms with E-state index in [2.05, 4.69) is 119 Å². The Bertz CT molecular complexity index is 3540. The maximum atomic E-state index is 13.9. The van der Waals surface area contributed by atoms with Gasteiger partial charge >= 0.3 is 5.97 Å². The molecule has 0 aliphatic carbocycles. The van der Waals surface area contributed by atoms with Crippen molar-refractivity contribution in [2.75, 3.05) is 14.1 Å². The van der Waals surface area contributed by atoms with Crippen LogP contribution in [0.15, 0.2) is 158 Å². The lowest BCUT2D eigenvalue weighted by Gasteiger charge is -2.39. The Morgan fingerprint density at radius 1 is 0.446 bits per heavy atom. The van der Waals surface area contributed by atoms with Gasteiger partial charge in [0.2, 0.25) is 0 Å². The van der Waals surface area contributed by atoms with Crippen LogP contribution in [0.2, 0.25) is 0 Å². The number of hydrogen-bond acceptors (Lipinski definition) is 7. The molecule has 7 nitrogen and oxygen atoms in total. The highest BCUT2D eigenvalue weighted by Crippen LogP contribution is 2.59. The molecule has 13 rings (SSSR count). The smallest absolute Gasteiger partial charge is 0.340 e. The Balaban J connectivity index is 0.901. The molecule has 0 saturated heterocycles. The molecule has 65 heavy (non-hydrogen) atoms. The molecule has 7 heteroatoms. The maximum Gasteiger partial charge on any atom is 0.340 e. The quantitative estimate of drug-likeness (QED) is 0.116. The molecule has 0 amide bonds. The third kappa shape index (κ3) is 5.46. The van der Waals surface area contributed by atoms with Gasteiger partial charge in [-0.2, -0.15) is 0 Å². The first-order valence-electron chi connectivity index (χ1n) is 22.1. The SMILES string of the molecule is CN(Cc1c(O)ccc2c1Oc1c(ccc(O)c1CN(C)Cc1ccc3ccc4cccc5ccc1c3c45)C21OC(=O)c2ccccc21)Cc1ccc2ccc3cccc4ccc1c2c34. The molecule has 11 aromatic rings. The topological polar surface area (TPSA) is 82.5 Å². The number of carbonyl (C=O) groups is 1. The van der Waals surface area contributed by atoms with Gasteiger partial charge in [-0.05, 0) is 120 Å². The Morgan fingerprint density at radius 3 is 1.37 bits per heavy atom. The lowest BCUT2D eigenvalue weighted by Crippen LogP contribution is -2.34. The summed E-state index contributed by atoms with van der Waals surface area (Å²) < 4.78 is 13.7. The van der Waals surface area contributed by atoms with Crippen molar-refractivity contribution in [1.29, 1.82) is 0 Å². The molecular weight excluding hydrogens is 805 g/mol. The summed E-state index contributed by atoms with van der Waals surface area (Å²) in [5.74, 6) is 0.502. The molecule has 11 aromatic carbocycles. The predicted octanol–water partition coefficient (Wildman–Crippen LogP) is 12.7. The first kappa shape index (κ1) is 37.8. The second-order valence-corrected chi connectivity index (χ2v) is 18.1. The number of nitrogens with zero attached hydrogens (tertiary/aromatic N) is 2. The highest BCUT2D eigenvalue weighted by Gasteiger charge is 2.54. The molecule has 2 heterocycles. The predicted molar refractivity (Wildman–Crippen MR) is 259 cm³/mol. The second kappa shape index (κ2) is 13.9. The van der Waals surface area contributed by atoms with Crippen LogP contribution in [-0.4, -0.2) is 40.1 Å². The third-order valence-corrected chi connectivity index (χ3v) is 14.2. The Morgan fingerprint density at radius 2 is 0.877 bits per heavy atom. The van der Waals surface area contributed by atoms with Crippen LogP contribution in [-0.2, 0) is 36.5 Å². The van der Waals surface area contributed by atoms with Crippen LogP contribution in [0.5, 0.6) is 23.0 Å². The van der Waals surface area contributed by atoms with Gasteiger partial charge in [-0.1, -0.05) is 127 Å². The fourth-order valence-corrected chi connectivity index (χ4v) is 11.3. The van der Waals surface area contributed by atoms with Gasteiger partial charge in [-0.3, -0.25) is 9.80 Å². The number of phenolic OH excluding ortho intramolecular Hbond substituents is 2. The molecule has 2 aliphatic rings. The monoisotopic (exact) mass is 846 g/mol. The minimum atomic E-state index is -1.39. The lowest BCUT2D eigenvalue weighted by molar-refractivity contribution is 0.0222. The first-order chi connectivity index (χ1) is 31.7. The van der Waals surface area contributed by atoms with Crippen LogP contribution in [0.1, 0.15) is 49.3 Å². The minimum absolute atomic E-state index is 0.0648. The van der Waals surface area contributed by atoms with Crippen LogP contribution >= 0.6 is 0 Å². The summed E-state index contributed by atoms with van der Waals surface area (Å²) in [6.45, 7) is 1.83. The highest BCUT2D eigenvalue weighted by atomic mass is 16.6. The molecule has 314 valence electrons. The average Bonchev–Trinajstić information content (AvgIpc) is 3.62. The molecule has 1 spiro atoms. The van der Waals surface area contributed by atoms with Gasteiger partial charge in [0, 0.05) is 42.9 Å². The van der Waals surface area contributed by atoms with E-state index in [1.54, 1.807) is 30.3 Å². The van der Waals surface area contributed by atoms with Gasteiger partial charge < -0.3 is 19.7 Å². The summed E-state index contributed by atoms with van der Waals surface area (Å²) in [5, 5.41) is 38.4. The van der Waals surface area contributed by atoms with Gasteiger partial charge in [-0.15, -0.1) is 0 Å². The van der Waals surface area contributed by atoms with Gasteiger partial charge in [0.25, 0.3) is 0 Å². The van der Waals surface area contributed by atoms with E-state index in [0.29, 0.717) is 71.1 Å². The highest BCUT2D eigenvalue weighted by molar-refractivity contribution is 6.24. The number of ether oxygens (including phenoxy) is 2. The number of carbonyl (C=O) groups excluding carboxylic acids is 1. The zero-order valence-corrected chi connectivity index (χ0v) is 35.9. The van der Waals surface area contributed by atoms with Gasteiger partial charge in [0.1, 0.15) is 23.0 Å². The molecule has 0 atom stereocenters. The van der Waals surface area contributed by atoms with Crippen LogP contribution in [0.3, 0.4) is 0 Å². The van der Waals surface area contributed by atoms with Gasteiger partial charge in [0.05, 0.1) is 16.7 Å². The Hall–Kier alpha value is -7.71. The number of hydrogen-bond donors (Lipinski definition) is 2. The number of fused-ring (bicyclic) bond motifs is 6. The number of benzene rings is 11. The number of esters is 1. The van der Waals surface area contributed by atoms with E-state index in [1.807, 2.05) is 32.3 Å².